The highest BCUT2D eigenvalue weighted by molar-refractivity contribution is 4.82. The minimum Gasteiger partial charge on any atom is -0.396 e. The monoisotopic (exact) mass is 206 g/mol. The average molecular weight is 206 g/mol. The summed E-state index contributed by atoms with van der Waals surface area (Å²) in [6.45, 7) is 1.44. The number of rotatable bonds is 8. The molecule has 0 aliphatic carbocycles. The first-order valence-electron chi connectivity index (χ1n) is 5.10. The minimum atomic E-state index is -0.782. The Hall–Kier alpha value is -0.160. The summed E-state index contributed by atoms with van der Waals surface area (Å²) in [6, 6.07) is 0. The predicted octanol–water partition coefficient (Wildman–Crippen LogP) is -0.252. The highest BCUT2D eigenvalue weighted by atomic mass is 16.3. The zero-order valence-electron chi connectivity index (χ0n) is 8.82. The average Bonchev–Trinajstić information content (AvgIpc) is 2.22. The van der Waals surface area contributed by atoms with E-state index < -0.39 is 5.41 Å². The van der Waals surface area contributed by atoms with Crippen LogP contribution in [-0.4, -0.2) is 46.9 Å². The van der Waals surface area contributed by atoms with Crippen LogP contribution in [-0.2, 0) is 0 Å². The van der Waals surface area contributed by atoms with Crippen LogP contribution in [0.1, 0.15) is 26.2 Å². The summed E-state index contributed by atoms with van der Waals surface area (Å²) in [7, 11) is 0. The summed E-state index contributed by atoms with van der Waals surface area (Å²) < 4.78 is 0. The molecular formula is C10H22O4. The third-order valence-corrected chi connectivity index (χ3v) is 3.04. The number of unbranched alkanes of at least 4 members (excludes halogenated alkanes) is 1. The summed E-state index contributed by atoms with van der Waals surface area (Å²) in [5.74, 6) is 0.0500. The molecule has 4 heteroatoms. The maximum absolute atomic E-state index is 9.13. The van der Waals surface area contributed by atoms with E-state index >= 15 is 0 Å². The van der Waals surface area contributed by atoms with Gasteiger partial charge in [0.25, 0.3) is 0 Å². The molecule has 0 heterocycles. The van der Waals surface area contributed by atoms with Crippen LogP contribution in [0.5, 0.6) is 0 Å². The van der Waals surface area contributed by atoms with E-state index in [4.69, 9.17) is 20.4 Å². The Morgan fingerprint density at radius 3 is 1.79 bits per heavy atom. The van der Waals surface area contributed by atoms with Gasteiger partial charge < -0.3 is 20.4 Å². The molecule has 0 aromatic rings. The van der Waals surface area contributed by atoms with E-state index in [9.17, 15) is 0 Å². The Bertz CT molecular complexity index is 126. The van der Waals surface area contributed by atoms with Crippen LogP contribution in [0.3, 0.4) is 0 Å². The van der Waals surface area contributed by atoms with Crippen molar-refractivity contribution >= 4 is 0 Å². The van der Waals surface area contributed by atoms with Crippen molar-refractivity contribution in [1.29, 1.82) is 0 Å². The van der Waals surface area contributed by atoms with Crippen LogP contribution in [0.25, 0.3) is 0 Å². The molecule has 0 aliphatic rings. The van der Waals surface area contributed by atoms with Gasteiger partial charge in [0.2, 0.25) is 0 Å². The molecule has 4 N–H and O–H groups in total. The summed E-state index contributed by atoms with van der Waals surface area (Å²) >= 11 is 0. The first kappa shape index (κ1) is 13.8. The smallest absolute Gasteiger partial charge is 0.0534 e. The van der Waals surface area contributed by atoms with Crippen molar-refractivity contribution in [2.75, 3.05) is 26.4 Å². The van der Waals surface area contributed by atoms with E-state index in [1.54, 1.807) is 0 Å². The van der Waals surface area contributed by atoms with Crippen molar-refractivity contribution < 1.29 is 20.4 Å². The van der Waals surface area contributed by atoms with Gasteiger partial charge in [-0.05, 0) is 18.8 Å². The van der Waals surface area contributed by atoms with Crippen molar-refractivity contribution in [2.45, 2.75) is 26.2 Å². The lowest BCUT2D eigenvalue weighted by atomic mass is 9.76. The molecule has 0 aromatic carbocycles. The van der Waals surface area contributed by atoms with Gasteiger partial charge in [-0.15, -0.1) is 0 Å². The van der Waals surface area contributed by atoms with Crippen LogP contribution >= 0.6 is 0 Å². The zero-order chi connectivity index (χ0) is 11.0. The SMILES string of the molecule is CC(CCCCO)C(CO)(CO)CO. The highest BCUT2D eigenvalue weighted by Gasteiger charge is 2.33. The van der Waals surface area contributed by atoms with E-state index in [1.165, 1.54) is 0 Å². The zero-order valence-corrected chi connectivity index (χ0v) is 8.82. The second kappa shape index (κ2) is 7.17. The molecule has 4 nitrogen and oxygen atoms in total. The Kier molecular flexibility index (Phi) is 7.09. The molecular weight excluding hydrogens is 184 g/mol. The lowest BCUT2D eigenvalue weighted by Gasteiger charge is -2.34. The summed E-state index contributed by atoms with van der Waals surface area (Å²) in [4.78, 5) is 0. The molecule has 86 valence electrons. The van der Waals surface area contributed by atoms with Crippen LogP contribution < -0.4 is 0 Å². The molecule has 0 bridgehead atoms. The first-order chi connectivity index (χ1) is 6.66. The van der Waals surface area contributed by atoms with Crippen molar-refractivity contribution in [3.8, 4) is 0 Å². The fourth-order valence-electron chi connectivity index (χ4n) is 1.49. The normalized spacial score (nSPS) is 14.4. The third kappa shape index (κ3) is 3.53. The van der Waals surface area contributed by atoms with Crippen LogP contribution in [0, 0.1) is 11.3 Å². The maximum Gasteiger partial charge on any atom is 0.0534 e. The Morgan fingerprint density at radius 2 is 1.43 bits per heavy atom. The van der Waals surface area contributed by atoms with Crippen LogP contribution in [0.4, 0.5) is 0 Å². The molecule has 0 amide bonds. The van der Waals surface area contributed by atoms with Gasteiger partial charge in [-0.1, -0.05) is 13.3 Å². The molecule has 0 rings (SSSR count). The quantitative estimate of drug-likeness (QED) is 0.413. The number of hydrogen-bond donors (Lipinski definition) is 4. The topological polar surface area (TPSA) is 80.9 Å². The van der Waals surface area contributed by atoms with E-state index in [-0.39, 0.29) is 32.3 Å². The fraction of sp³-hybridized carbons (Fsp3) is 1.00. The first-order valence-corrected chi connectivity index (χ1v) is 5.10. The van der Waals surface area contributed by atoms with E-state index in [2.05, 4.69) is 0 Å². The second-order valence-corrected chi connectivity index (χ2v) is 3.96. The van der Waals surface area contributed by atoms with Crippen molar-refractivity contribution in [3.63, 3.8) is 0 Å². The number of hydrogen-bond acceptors (Lipinski definition) is 4. The number of aliphatic hydroxyl groups excluding tert-OH is 4. The molecule has 14 heavy (non-hydrogen) atoms. The fourth-order valence-corrected chi connectivity index (χ4v) is 1.49. The summed E-state index contributed by atoms with van der Waals surface area (Å²) in [5.41, 5.74) is -0.782. The van der Waals surface area contributed by atoms with Gasteiger partial charge in [-0.3, -0.25) is 0 Å². The lowest BCUT2D eigenvalue weighted by molar-refractivity contribution is -0.0363. The molecule has 0 radical (unpaired) electrons. The van der Waals surface area contributed by atoms with E-state index in [0.717, 1.165) is 19.3 Å². The van der Waals surface area contributed by atoms with Gasteiger partial charge in [0, 0.05) is 12.0 Å². The molecule has 0 aliphatic heterocycles. The molecule has 0 aromatic heterocycles. The summed E-state index contributed by atoms with van der Waals surface area (Å²) in [6.07, 6.45) is 2.37. The molecule has 0 spiro atoms. The van der Waals surface area contributed by atoms with Gasteiger partial charge in [-0.2, -0.15) is 0 Å². The molecule has 0 fully saturated rings. The number of aliphatic hydroxyl groups is 4. The van der Waals surface area contributed by atoms with Crippen LogP contribution in [0.15, 0.2) is 0 Å². The van der Waals surface area contributed by atoms with Crippen molar-refractivity contribution in [3.05, 3.63) is 0 Å². The van der Waals surface area contributed by atoms with Gasteiger partial charge in [0.05, 0.1) is 19.8 Å². The molecule has 1 atom stereocenters. The standard InChI is InChI=1S/C10H22O4/c1-9(4-2-3-5-11)10(6-12,7-13)8-14/h9,11-14H,2-8H2,1H3. The predicted molar refractivity (Wildman–Crippen MR) is 53.8 cm³/mol. The maximum atomic E-state index is 9.13. The Morgan fingerprint density at radius 1 is 0.929 bits per heavy atom. The van der Waals surface area contributed by atoms with Gasteiger partial charge in [-0.25, -0.2) is 0 Å². The third-order valence-electron chi connectivity index (χ3n) is 3.04. The highest BCUT2D eigenvalue weighted by Crippen LogP contribution is 2.30. The van der Waals surface area contributed by atoms with Crippen molar-refractivity contribution in [2.24, 2.45) is 11.3 Å². The Balaban J connectivity index is 4.07. The minimum absolute atomic E-state index is 0.0500. The van der Waals surface area contributed by atoms with Gasteiger partial charge in [0.15, 0.2) is 0 Å². The van der Waals surface area contributed by atoms with Gasteiger partial charge in [0.1, 0.15) is 0 Å². The largest absolute Gasteiger partial charge is 0.396 e. The molecule has 0 saturated carbocycles. The Labute approximate surface area is 85.2 Å². The van der Waals surface area contributed by atoms with E-state index in [0.29, 0.717) is 0 Å². The van der Waals surface area contributed by atoms with E-state index in [1.807, 2.05) is 6.92 Å². The molecule has 0 saturated heterocycles. The lowest BCUT2D eigenvalue weighted by Crippen LogP contribution is -2.40. The second-order valence-electron chi connectivity index (χ2n) is 3.96. The van der Waals surface area contributed by atoms with Crippen molar-refractivity contribution in [1.82, 2.24) is 0 Å². The van der Waals surface area contributed by atoms with Gasteiger partial charge >= 0.3 is 0 Å². The summed E-state index contributed by atoms with van der Waals surface area (Å²) in [5, 5.41) is 36.0. The van der Waals surface area contributed by atoms with Crippen LogP contribution in [0.2, 0.25) is 0 Å². The molecule has 1 unspecified atom stereocenters.